The van der Waals surface area contributed by atoms with Gasteiger partial charge in [0.25, 0.3) is 0 Å². The van der Waals surface area contributed by atoms with E-state index in [9.17, 15) is 24.0 Å². The van der Waals surface area contributed by atoms with Crippen LogP contribution in [0.5, 0.6) is 0 Å². The van der Waals surface area contributed by atoms with Crippen LogP contribution in [0.1, 0.15) is 79.7 Å². The largest absolute Gasteiger partial charge is 0.366 e. The van der Waals surface area contributed by atoms with Crippen LogP contribution >= 0.6 is 0 Å². The summed E-state index contributed by atoms with van der Waals surface area (Å²) in [5, 5.41) is 28.4. The number of carbonyl (C=O) groups is 3. The highest BCUT2D eigenvalue weighted by Gasteiger charge is 2.54. The maximum Gasteiger partial charge on any atom is 0.248 e. The molecule has 13 heteroatoms. The number of benzene rings is 3. The van der Waals surface area contributed by atoms with Crippen molar-refractivity contribution in [3.05, 3.63) is 111 Å². The average molecular weight is 634 g/mol. The van der Waals surface area contributed by atoms with Gasteiger partial charge in [0.1, 0.15) is 11.9 Å². The molecule has 238 valence electrons. The number of hydrogen-bond donors (Lipinski definition) is 4. The van der Waals surface area contributed by atoms with Crippen LogP contribution in [0.2, 0.25) is 0 Å². The number of primary amides is 2. The Labute approximate surface area is 269 Å². The summed E-state index contributed by atoms with van der Waals surface area (Å²) in [7, 11) is 0. The highest BCUT2D eigenvalue weighted by molar-refractivity contribution is 5.94. The smallest absolute Gasteiger partial charge is 0.248 e. The summed E-state index contributed by atoms with van der Waals surface area (Å²) in [5.41, 5.74) is 14.9. The molecule has 0 radical (unpaired) electrons. The highest BCUT2D eigenvalue weighted by atomic mass is 19.1. The van der Waals surface area contributed by atoms with Gasteiger partial charge in [-0.2, -0.15) is 5.26 Å². The number of halogens is 1. The van der Waals surface area contributed by atoms with Crippen molar-refractivity contribution in [3.8, 4) is 6.07 Å². The summed E-state index contributed by atoms with van der Waals surface area (Å²) in [6.07, 6.45) is 2.85. The Bertz CT molecular complexity index is 1860. The Morgan fingerprint density at radius 1 is 1.00 bits per heavy atom. The van der Waals surface area contributed by atoms with Crippen molar-refractivity contribution >= 4 is 17.7 Å². The highest BCUT2D eigenvalue weighted by Crippen LogP contribution is 2.50. The summed E-state index contributed by atoms with van der Waals surface area (Å²) in [6, 6.07) is 17.9. The van der Waals surface area contributed by atoms with Crippen molar-refractivity contribution in [1.82, 2.24) is 30.8 Å². The zero-order valence-electron chi connectivity index (χ0n) is 25.3. The Kier molecular flexibility index (Phi) is 7.52. The molecule has 7 rings (SSSR count). The van der Waals surface area contributed by atoms with Crippen molar-refractivity contribution in [3.63, 3.8) is 0 Å². The zero-order chi connectivity index (χ0) is 32.9. The summed E-state index contributed by atoms with van der Waals surface area (Å²) in [5.74, 6) is -0.967. The number of hydrogen-bond acceptors (Lipinski definition) is 8. The Hall–Kier alpha value is -5.48. The van der Waals surface area contributed by atoms with Crippen LogP contribution < -0.4 is 16.8 Å². The first kappa shape index (κ1) is 30.2. The minimum absolute atomic E-state index is 0.0604. The van der Waals surface area contributed by atoms with Crippen LogP contribution in [0.15, 0.2) is 60.7 Å². The first-order valence-corrected chi connectivity index (χ1v) is 15.5. The molecule has 1 saturated heterocycles. The van der Waals surface area contributed by atoms with E-state index in [1.54, 1.807) is 41.3 Å². The molecule has 6 N–H and O–H groups in total. The second kappa shape index (κ2) is 11.7. The Morgan fingerprint density at radius 2 is 1.64 bits per heavy atom. The molecule has 3 aliphatic rings. The third kappa shape index (κ3) is 5.30. The molecule has 12 nitrogen and oxygen atoms in total. The maximum absolute atomic E-state index is 14.2. The lowest BCUT2D eigenvalue weighted by Gasteiger charge is -2.38. The van der Waals surface area contributed by atoms with Gasteiger partial charge in [0.15, 0.2) is 5.82 Å². The number of carbonyl (C=O) groups excluding carboxylic acids is 3. The molecular formula is C34H32FN9O3. The number of fused-ring (bicyclic) bond motifs is 3. The van der Waals surface area contributed by atoms with Gasteiger partial charge in [0.2, 0.25) is 17.7 Å². The van der Waals surface area contributed by atoms with E-state index in [2.05, 4.69) is 32.0 Å². The van der Waals surface area contributed by atoms with E-state index in [1.807, 2.05) is 12.1 Å². The molecule has 0 unspecified atom stereocenters. The van der Waals surface area contributed by atoms with Crippen LogP contribution in [0.3, 0.4) is 0 Å². The molecule has 47 heavy (non-hydrogen) atoms. The molecule has 2 heterocycles. The van der Waals surface area contributed by atoms with Crippen LogP contribution in [-0.2, 0) is 23.1 Å². The standard InChI is InChI=1S/C34H32FN9O3/c35-24-7-3-18(4-8-24)28(39-17-30(45)44-25(16-36)13-23-14-29(23)44)15-34(33-40-42-43-41-33)26-9-5-21(31(37)46)11-19(26)1-2-20-12-22(32(38)47)6-10-27(20)34/h3-12,23,25,28-29,39H,1-2,13-15,17H2,(H2,37,46)(H2,38,47)(H,40,41,42,43)/t23-,25+,28-,29+/m1/s1. The molecule has 2 aliphatic carbocycles. The molecule has 4 aromatic rings. The summed E-state index contributed by atoms with van der Waals surface area (Å²) >= 11 is 0. The summed E-state index contributed by atoms with van der Waals surface area (Å²) < 4.78 is 14.2. The van der Waals surface area contributed by atoms with Gasteiger partial charge in [-0.1, -0.05) is 24.3 Å². The van der Waals surface area contributed by atoms with Crippen molar-refractivity contribution in [2.24, 2.45) is 17.4 Å². The molecule has 3 amide bonds. The van der Waals surface area contributed by atoms with Crippen LogP contribution in [-0.4, -0.2) is 61.9 Å². The predicted octanol–water partition coefficient (Wildman–Crippen LogP) is 2.20. The molecule has 1 aromatic heterocycles. The van der Waals surface area contributed by atoms with E-state index in [-0.39, 0.29) is 24.9 Å². The lowest BCUT2D eigenvalue weighted by Crippen LogP contribution is -2.45. The minimum Gasteiger partial charge on any atom is -0.366 e. The second-order valence-corrected chi connectivity index (χ2v) is 12.6. The van der Waals surface area contributed by atoms with E-state index in [0.29, 0.717) is 47.7 Å². The van der Waals surface area contributed by atoms with Gasteiger partial charge < -0.3 is 21.7 Å². The molecule has 2 fully saturated rings. The third-order valence-corrected chi connectivity index (χ3v) is 9.94. The van der Waals surface area contributed by atoms with E-state index >= 15 is 0 Å². The van der Waals surface area contributed by atoms with Crippen molar-refractivity contribution in [1.29, 1.82) is 5.26 Å². The fourth-order valence-electron chi connectivity index (χ4n) is 7.61. The number of tetrazole rings is 1. The molecule has 1 aliphatic heterocycles. The number of nitrogens with one attached hydrogen (secondary N) is 2. The average Bonchev–Trinajstić information content (AvgIpc) is 3.45. The normalized spacial score (nSPS) is 21.0. The Balaban J connectivity index is 1.38. The summed E-state index contributed by atoms with van der Waals surface area (Å²) in [6.45, 7) is -0.0604. The molecule has 4 atom stereocenters. The van der Waals surface area contributed by atoms with Gasteiger partial charge in [-0.3, -0.25) is 14.4 Å². The van der Waals surface area contributed by atoms with E-state index in [4.69, 9.17) is 11.5 Å². The van der Waals surface area contributed by atoms with Crippen LogP contribution in [0.4, 0.5) is 4.39 Å². The van der Waals surface area contributed by atoms with Gasteiger partial charge in [-0.05, 0) is 113 Å². The number of H-pyrrole nitrogens is 1. The van der Waals surface area contributed by atoms with Gasteiger partial charge in [0, 0.05) is 23.2 Å². The first-order valence-electron chi connectivity index (χ1n) is 15.5. The number of nitrogens with two attached hydrogens (primary N) is 2. The number of piperidine rings is 1. The number of aromatic amines is 1. The molecule has 0 spiro atoms. The zero-order valence-corrected chi connectivity index (χ0v) is 25.3. The minimum atomic E-state index is -1.11. The number of aromatic nitrogens is 4. The number of likely N-dealkylation sites (tertiary alicyclic amines) is 1. The Morgan fingerprint density at radius 3 is 2.19 bits per heavy atom. The second-order valence-electron chi connectivity index (χ2n) is 12.6. The number of rotatable bonds is 9. The first-order chi connectivity index (χ1) is 22.7. The maximum atomic E-state index is 14.2. The number of aryl methyl sites for hydroxylation is 2. The predicted molar refractivity (Wildman–Crippen MR) is 166 cm³/mol. The fraction of sp³-hybridized carbons (Fsp3) is 0.324. The number of nitrogens with zero attached hydrogens (tertiary/aromatic N) is 5. The van der Waals surface area contributed by atoms with Gasteiger partial charge in [-0.15, -0.1) is 5.10 Å². The number of amides is 3. The van der Waals surface area contributed by atoms with Crippen molar-refractivity contribution in [2.75, 3.05) is 6.54 Å². The van der Waals surface area contributed by atoms with Crippen molar-refractivity contribution < 1.29 is 18.8 Å². The fourth-order valence-corrected chi connectivity index (χ4v) is 7.61. The van der Waals surface area contributed by atoms with Gasteiger partial charge >= 0.3 is 0 Å². The van der Waals surface area contributed by atoms with Crippen molar-refractivity contribution in [2.45, 2.75) is 55.6 Å². The van der Waals surface area contributed by atoms with Gasteiger partial charge in [-0.25, -0.2) is 9.49 Å². The third-order valence-electron chi connectivity index (χ3n) is 9.94. The van der Waals surface area contributed by atoms with E-state index < -0.39 is 35.1 Å². The molecule has 3 aromatic carbocycles. The quantitative estimate of drug-likeness (QED) is 0.215. The van der Waals surface area contributed by atoms with E-state index in [1.165, 1.54) is 12.1 Å². The lowest BCUT2D eigenvalue weighted by atomic mass is 9.67. The van der Waals surface area contributed by atoms with Crippen LogP contribution in [0, 0.1) is 23.1 Å². The lowest BCUT2D eigenvalue weighted by molar-refractivity contribution is -0.131. The molecule has 0 bridgehead atoms. The topological polar surface area (TPSA) is 197 Å². The SMILES string of the molecule is N#C[C@@H]1C[C@@H]2C[C@@H]2N1C(=O)CN[C@H](CC1(c2nnn[nH]2)c2ccc(C(N)=O)cc2CCc2cc(C(N)=O)ccc21)c1ccc(F)cc1. The van der Waals surface area contributed by atoms with E-state index in [0.717, 1.165) is 28.7 Å². The van der Waals surface area contributed by atoms with Crippen LogP contribution in [0.25, 0.3) is 0 Å². The monoisotopic (exact) mass is 633 g/mol. The van der Waals surface area contributed by atoms with Gasteiger partial charge in [0.05, 0.1) is 18.0 Å². The molecule has 1 saturated carbocycles. The molecular weight excluding hydrogens is 601 g/mol. The summed E-state index contributed by atoms with van der Waals surface area (Å²) in [4.78, 5) is 39.8. The number of nitriles is 1.